The molecule has 0 spiro atoms. The van der Waals surface area contributed by atoms with Gasteiger partial charge in [-0.25, -0.2) is 4.79 Å². The van der Waals surface area contributed by atoms with Gasteiger partial charge in [-0.15, -0.1) is 0 Å². The second-order valence-electron chi connectivity index (χ2n) is 2.49. The van der Waals surface area contributed by atoms with Gasteiger partial charge < -0.3 is 9.84 Å². The van der Waals surface area contributed by atoms with E-state index >= 15 is 0 Å². The van der Waals surface area contributed by atoms with Crippen molar-refractivity contribution in [3.8, 4) is 0 Å². The summed E-state index contributed by atoms with van der Waals surface area (Å²) in [6.45, 7) is 0. The lowest BCUT2D eigenvalue weighted by molar-refractivity contribution is -0.384. The number of nitro groups is 1. The topological polar surface area (TPSA) is 89.7 Å². The van der Waals surface area contributed by atoms with Gasteiger partial charge in [0.2, 0.25) is 0 Å². The zero-order valence-corrected chi connectivity index (χ0v) is 7.49. The van der Waals surface area contributed by atoms with Crippen LogP contribution in [-0.2, 0) is 4.74 Å². The summed E-state index contributed by atoms with van der Waals surface area (Å²) in [6, 6.07) is 4.93. The Morgan fingerprint density at radius 1 is 1.40 bits per heavy atom. The number of hydrogen-bond donors (Lipinski definition) is 1. The highest BCUT2D eigenvalue weighted by Crippen LogP contribution is 2.12. The summed E-state index contributed by atoms with van der Waals surface area (Å²) < 4.78 is 4.44. The Morgan fingerprint density at radius 2 is 2.00 bits per heavy atom. The van der Waals surface area contributed by atoms with E-state index in [-0.39, 0.29) is 11.3 Å². The largest absolute Gasteiger partial charge is 0.512 e. The first-order valence-electron chi connectivity index (χ1n) is 3.90. The molecule has 0 unspecified atom stereocenters. The third-order valence-corrected chi connectivity index (χ3v) is 1.55. The van der Waals surface area contributed by atoms with Crippen LogP contribution >= 0.6 is 0 Å². The first-order valence-corrected chi connectivity index (χ1v) is 3.90. The van der Waals surface area contributed by atoms with Crippen LogP contribution in [0.3, 0.4) is 0 Å². The molecule has 0 aliphatic heterocycles. The van der Waals surface area contributed by atoms with Gasteiger partial charge in [0, 0.05) is 12.1 Å². The number of hydrogen-bond acceptors (Lipinski definition) is 5. The zero-order valence-electron chi connectivity index (χ0n) is 7.49. The number of nitro benzene ring substituents is 1. The number of carbonyl (C=O) groups is 1. The van der Waals surface area contributed by atoms with E-state index in [0.717, 1.165) is 6.26 Å². The van der Waals surface area contributed by atoms with Gasteiger partial charge in [-0.05, 0) is 12.1 Å². The van der Waals surface area contributed by atoms with Gasteiger partial charge in [-0.1, -0.05) is 0 Å². The molecule has 6 nitrogen and oxygen atoms in total. The zero-order chi connectivity index (χ0) is 11.3. The van der Waals surface area contributed by atoms with E-state index in [4.69, 9.17) is 5.11 Å². The van der Waals surface area contributed by atoms with Crippen LogP contribution in [-0.4, -0.2) is 16.0 Å². The van der Waals surface area contributed by atoms with Gasteiger partial charge in [0.15, 0.2) is 0 Å². The molecule has 1 N–H and O–H groups in total. The molecule has 6 heteroatoms. The monoisotopic (exact) mass is 209 g/mol. The van der Waals surface area contributed by atoms with E-state index in [1.54, 1.807) is 0 Å². The first-order chi connectivity index (χ1) is 7.15. The molecule has 0 radical (unpaired) electrons. The maximum atomic E-state index is 11.1. The van der Waals surface area contributed by atoms with E-state index in [1.807, 2.05) is 0 Å². The lowest BCUT2D eigenvalue weighted by Gasteiger charge is -1.97. The van der Waals surface area contributed by atoms with Crippen molar-refractivity contribution in [2.24, 2.45) is 0 Å². The van der Waals surface area contributed by atoms with Crippen molar-refractivity contribution in [3.63, 3.8) is 0 Å². The van der Waals surface area contributed by atoms with Crippen LogP contribution in [0.2, 0.25) is 0 Å². The van der Waals surface area contributed by atoms with Gasteiger partial charge in [-0.3, -0.25) is 10.1 Å². The van der Waals surface area contributed by atoms with Gasteiger partial charge in [0.25, 0.3) is 5.69 Å². The lowest BCUT2D eigenvalue weighted by Crippen LogP contribution is -2.00. The fourth-order valence-corrected chi connectivity index (χ4v) is 0.879. The number of esters is 1. The Kier molecular flexibility index (Phi) is 3.39. The highest BCUT2D eigenvalue weighted by atomic mass is 16.6. The average Bonchev–Trinajstić information content (AvgIpc) is 2.26. The molecule has 0 saturated carbocycles. The van der Waals surface area contributed by atoms with Crippen molar-refractivity contribution < 1.29 is 19.6 Å². The first kappa shape index (κ1) is 10.7. The summed E-state index contributed by atoms with van der Waals surface area (Å²) in [5.74, 6) is -0.699. The molecular weight excluding hydrogens is 202 g/mol. The van der Waals surface area contributed by atoms with E-state index < -0.39 is 10.9 Å². The van der Waals surface area contributed by atoms with Gasteiger partial charge in [0.05, 0.1) is 10.5 Å². The summed E-state index contributed by atoms with van der Waals surface area (Å²) in [5.41, 5.74) is 0.0583. The molecule has 0 amide bonds. The number of aliphatic hydroxyl groups is 1. The normalized spacial score (nSPS) is 10.1. The Labute approximate surface area is 84.6 Å². The molecule has 1 aromatic carbocycles. The minimum absolute atomic E-state index is 0.107. The number of rotatable bonds is 3. The van der Waals surface area contributed by atoms with Crippen molar-refractivity contribution in [1.29, 1.82) is 0 Å². The predicted octanol–water partition coefficient (Wildman–Crippen LogP) is 1.78. The third-order valence-electron chi connectivity index (χ3n) is 1.55. The molecule has 1 aromatic rings. The van der Waals surface area contributed by atoms with Crippen molar-refractivity contribution in [2.75, 3.05) is 0 Å². The van der Waals surface area contributed by atoms with E-state index in [2.05, 4.69) is 4.74 Å². The molecule has 1 rings (SSSR count). The number of nitrogens with zero attached hydrogens (tertiary/aromatic N) is 1. The highest BCUT2D eigenvalue weighted by molar-refractivity contribution is 5.89. The smallest absolute Gasteiger partial charge is 0.343 e. The van der Waals surface area contributed by atoms with Crippen molar-refractivity contribution in [1.82, 2.24) is 0 Å². The average molecular weight is 209 g/mol. The maximum absolute atomic E-state index is 11.1. The van der Waals surface area contributed by atoms with Crippen LogP contribution in [0.4, 0.5) is 5.69 Å². The highest BCUT2D eigenvalue weighted by Gasteiger charge is 2.09. The summed E-state index contributed by atoms with van der Waals surface area (Å²) >= 11 is 0. The number of non-ortho nitro benzene ring substituents is 1. The summed E-state index contributed by atoms with van der Waals surface area (Å²) in [4.78, 5) is 20.9. The molecule has 0 bridgehead atoms. The summed E-state index contributed by atoms with van der Waals surface area (Å²) in [6.07, 6.45) is 1.38. The minimum Gasteiger partial charge on any atom is -0.512 e. The van der Waals surface area contributed by atoms with Crippen LogP contribution in [0, 0.1) is 10.1 Å². The molecule has 0 fully saturated rings. The second kappa shape index (κ2) is 4.75. The minimum atomic E-state index is -0.699. The molecule has 0 aliphatic rings. The molecular formula is C9H7NO5. The van der Waals surface area contributed by atoms with Crippen LogP contribution in [0.15, 0.2) is 36.8 Å². The van der Waals surface area contributed by atoms with Crippen LogP contribution in [0.1, 0.15) is 10.4 Å². The van der Waals surface area contributed by atoms with Gasteiger partial charge in [-0.2, -0.15) is 0 Å². The van der Waals surface area contributed by atoms with Crippen molar-refractivity contribution >= 4 is 11.7 Å². The number of aliphatic hydroxyl groups excluding tert-OH is 1. The molecule has 78 valence electrons. The van der Waals surface area contributed by atoms with Crippen LogP contribution in [0.25, 0.3) is 0 Å². The van der Waals surface area contributed by atoms with E-state index in [9.17, 15) is 14.9 Å². The number of benzene rings is 1. The Bertz CT molecular complexity index is 395. The summed E-state index contributed by atoms with van der Waals surface area (Å²) in [5, 5.41) is 18.5. The maximum Gasteiger partial charge on any atom is 0.343 e. The van der Waals surface area contributed by atoms with Crippen molar-refractivity contribution in [2.45, 2.75) is 0 Å². The van der Waals surface area contributed by atoms with Crippen molar-refractivity contribution in [3.05, 3.63) is 52.5 Å². The SMILES string of the molecule is O=C(OC=CO)c1ccc([N+](=O)[O-])cc1. The summed E-state index contributed by atoms with van der Waals surface area (Å²) in [7, 11) is 0. The Balaban J connectivity index is 2.80. The van der Waals surface area contributed by atoms with E-state index in [1.165, 1.54) is 24.3 Å². The number of carbonyl (C=O) groups excluding carboxylic acids is 1. The van der Waals surface area contributed by atoms with E-state index in [0.29, 0.717) is 6.26 Å². The number of ether oxygens (including phenoxy) is 1. The van der Waals surface area contributed by atoms with Crippen LogP contribution < -0.4 is 0 Å². The predicted molar refractivity (Wildman–Crippen MR) is 50.3 cm³/mol. The lowest BCUT2D eigenvalue weighted by atomic mass is 10.2. The Hall–Kier alpha value is -2.37. The second-order valence-corrected chi connectivity index (χ2v) is 2.49. The molecule has 0 aromatic heterocycles. The fraction of sp³-hybridized carbons (Fsp3) is 0. The van der Waals surface area contributed by atoms with Crippen LogP contribution in [0.5, 0.6) is 0 Å². The molecule has 15 heavy (non-hydrogen) atoms. The standard InChI is InChI=1S/C9H7NO5/c11-5-6-15-9(12)7-1-3-8(4-2-7)10(13)14/h1-6,11H. The Morgan fingerprint density at radius 3 is 2.47 bits per heavy atom. The third kappa shape index (κ3) is 2.80. The fourth-order valence-electron chi connectivity index (χ4n) is 0.879. The molecule has 0 aliphatic carbocycles. The molecule has 0 heterocycles. The molecule has 0 atom stereocenters. The molecule has 0 saturated heterocycles. The van der Waals surface area contributed by atoms with Gasteiger partial charge in [0.1, 0.15) is 12.5 Å². The van der Waals surface area contributed by atoms with Gasteiger partial charge >= 0.3 is 5.97 Å². The quantitative estimate of drug-likeness (QED) is 0.354.